The van der Waals surface area contributed by atoms with Crippen LogP contribution in [0.4, 0.5) is 13.2 Å². The van der Waals surface area contributed by atoms with E-state index in [2.05, 4.69) is 9.97 Å². The van der Waals surface area contributed by atoms with E-state index in [0.717, 1.165) is 0 Å². The van der Waals surface area contributed by atoms with Crippen LogP contribution in [0.1, 0.15) is 35.5 Å². The summed E-state index contributed by atoms with van der Waals surface area (Å²) in [5.74, 6) is -0.766. The standard InChI is InChI=1S/C23H18ClF3N2O3/c1-3-5-18-19(23(25,26)27)28-20(14-6-10-16(24)11-7-14)29-21(18)32-17-12-8-15(9-13-17)22(30)31-4-2/h3,5-13H,4H2,1-2H3/b5-3+. The Morgan fingerprint density at radius 1 is 1.06 bits per heavy atom. The first kappa shape index (κ1) is 23.3. The minimum Gasteiger partial charge on any atom is -0.462 e. The number of alkyl halides is 3. The van der Waals surface area contributed by atoms with Crippen molar-refractivity contribution in [3.8, 4) is 23.0 Å². The molecule has 2 aromatic carbocycles. The second-order valence-corrected chi connectivity index (χ2v) is 6.90. The van der Waals surface area contributed by atoms with Gasteiger partial charge in [0.1, 0.15) is 5.75 Å². The molecule has 0 saturated carbocycles. The SMILES string of the molecule is C/C=C/c1c(Oc2ccc(C(=O)OCC)cc2)nc(-c2ccc(Cl)cc2)nc1C(F)(F)F. The molecule has 0 aliphatic carbocycles. The highest BCUT2D eigenvalue weighted by Gasteiger charge is 2.37. The van der Waals surface area contributed by atoms with Crippen LogP contribution in [0, 0.1) is 0 Å². The van der Waals surface area contributed by atoms with Crippen LogP contribution < -0.4 is 4.74 Å². The maximum absolute atomic E-state index is 13.8. The maximum atomic E-state index is 13.8. The summed E-state index contributed by atoms with van der Waals surface area (Å²) in [6, 6.07) is 11.9. The first-order valence-electron chi connectivity index (χ1n) is 9.55. The van der Waals surface area contributed by atoms with Gasteiger partial charge in [-0.05, 0) is 62.4 Å². The minimum absolute atomic E-state index is 0.166. The average Bonchev–Trinajstić information content (AvgIpc) is 2.75. The molecule has 0 fully saturated rings. The number of benzene rings is 2. The van der Waals surface area contributed by atoms with E-state index in [1.807, 2.05) is 0 Å². The minimum atomic E-state index is -4.75. The van der Waals surface area contributed by atoms with E-state index in [9.17, 15) is 18.0 Å². The van der Waals surface area contributed by atoms with Crippen LogP contribution in [0.25, 0.3) is 17.5 Å². The van der Waals surface area contributed by atoms with Gasteiger partial charge in [-0.1, -0.05) is 23.8 Å². The predicted molar refractivity (Wildman–Crippen MR) is 115 cm³/mol. The van der Waals surface area contributed by atoms with E-state index < -0.39 is 17.8 Å². The van der Waals surface area contributed by atoms with E-state index in [-0.39, 0.29) is 35.2 Å². The zero-order valence-corrected chi connectivity index (χ0v) is 17.9. The molecule has 1 aromatic heterocycles. The highest BCUT2D eigenvalue weighted by atomic mass is 35.5. The van der Waals surface area contributed by atoms with Crippen molar-refractivity contribution in [3.05, 3.63) is 76.5 Å². The molecule has 0 saturated heterocycles. The summed E-state index contributed by atoms with van der Waals surface area (Å²) in [5.41, 5.74) is -0.816. The van der Waals surface area contributed by atoms with Gasteiger partial charge in [-0.25, -0.2) is 9.78 Å². The van der Waals surface area contributed by atoms with Crippen LogP contribution in [0.5, 0.6) is 11.6 Å². The van der Waals surface area contributed by atoms with Crippen molar-refractivity contribution in [2.24, 2.45) is 0 Å². The van der Waals surface area contributed by atoms with Gasteiger partial charge in [-0.15, -0.1) is 0 Å². The Bertz CT molecular complexity index is 1130. The lowest BCUT2D eigenvalue weighted by atomic mass is 10.1. The molecule has 0 bridgehead atoms. The molecule has 0 atom stereocenters. The fraction of sp³-hybridized carbons (Fsp3) is 0.174. The third-order valence-corrected chi connectivity index (χ3v) is 4.45. The fourth-order valence-electron chi connectivity index (χ4n) is 2.77. The Morgan fingerprint density at radius 3 is 2.28 bits per heavy atom. The second-order valence-electron chi connectivity index (χ2n) is 6.47. The number of carbonyl (C=O) groups is 1. The van der Waals surface area contributed by atoms with Crippen LogP contribution in [0.2, 0.25) is 5.02 Å². The predicted octanol–water partition coefficient (Wildman–Crippen LogP) is 6.82. The molecule has 3 aromatic rings. The lowest BCUT2D eigenvalue weighted by molar-refractivity contribution is -0.141. The topological polar surface area (TPSA) is 61.3 Å². The fourth-order valence-corrected chi connectivity index (χ4v) is 2.90. The van der Waals surface area contributed by atoms with Crippen LogP contribution in [-0.2, 0) is 10.9 Å². The number of hydrogen-bond donors (Lipinski definition) is 0. The highest BCUT2D eigenvalue weighted by Crippen LogP contribution is 2.38. The molecule has 32 heavy (non-hydrogen) atoms. The van der Waals surface area contributed by atoms with Crippen LogP contribution >= 0.6 is 11.6 Å². The number of allylic oxidation sites excluding steroid dienone is 1. The van der Waals surface area contributed by atoms with Crippen molar-refractivity contribution in [1.29, 1.82) is 0 Å². The molecule has 3 rings (SSSR count). The van der Waals surface area contributed by atoms with Gasteiger partial charge >= 0.3 is 12.1 Å². The van der Waals surface area contributed by atoms with Gasteiger partial charge in [0.05, 0.1) is 17.7 Å². The summed E-state index contributed by atoms with van der Waals surface area (Å²) in [6.07, 6.45) is -2.08. The van der Waals surface area contributed by atoms with E-state index in [4.69, 9.17) is 21.1 Å². The number of ether oxygens (including phenoxy) is 2. The van der Waals surface area contributed by atoms with Crippen molar-refractivity contribution in [1.82, 2.24) is 9.97 Å². The maximum Gasteiger partial charge on any atom is 0.434 e. The summed E-state index contributed by atoms with van der Waals surface area (Å²) in [4.78, 5) is 19.8. The molecule has 166 valence electrons. The third-order valence-electron chi connectivity index (χ3n) is 4.19. The molecule has 1 heterocycles. The number of nitrogens with zero attached hydrogens (tertiary/aromatic N) is 2. The monoisotopic (exact) mass is 462 g/mol. The Hall–Kier alpha value is -3.39. The molecule has 9 heteroatoms. The number of aromatic nitrogens is 2. The van der Waals surface area contributed by atoms with Gasteiger partial charge in [0, 0.05) is 10.6 Å². The average molecular weight is 463 g/mol. The summed E-state index contributed by atoms with van der Waals surface area (Å²) >= 11 is 5.88. The summed E-state index contributed by atoms with van der Waals surface area (Å²) in [6.45, 7) is 3.48. The summed E-state index contributed by atoms with van der Waals surface area (Å²) < 4.78 is 52.1. The zero-order chi connectivity index (χ0) is 23.3. The number of hydrogen-bond acceptors (Lipinski definition) is 5. The molecule has 0 radical (unpaired) electrons. The normalized spacial score (nSPS) is 11.6. The van der Waals surface area contributed by atoms with Crippen LogP contribution in [-0.4, -0.2) is 22.5 Å². The first-order valence-corrected chi connectivity index (χ1v) is 9.93. The Labute approximate surface area is 187 Å². The van der Waals surface area contributed by atoms with E-state index in [1.54, 1.807) is 13.8 Å². The lowest BCUT2D eigenvalue weighted by Crippen LogP contribution is -2.13. The third kappa shape index (κ3) is 5.45. The molecule has 0 amide bonds. The van der Waals surface area contributed by atoms with Crippen molar-refractivity contribution < 1.29 is 27.4 Å². The van der Waals surface area contributed by atoms with Crippen molar-refractivity contribution >= 4 is 23.6 Å². The summed E-state index contributed by atoms with van der Waals surface area (Å²) in [5, 5.41) is 0.425. The highest BCUT2D eigenvalue weighted by molar-refractivity contribution is 6.30. The molecule has 0 spiro atoms. The number of rotatable bonds is 6. The van der Waals surface area contributed by atoms with Crippen molar-refractivity contribution in [3.63, 3.8) is 0 Å². The molecule has 0 N–H and O–H groups in total. The van der Waals surface area contributed by atoms with Crippen molar-refractivity contribution in [2.45, 2.75) is 20.0 Å². The molecule has 0 unspecified atom stereocenters. The number of esters is 1. The van der Waals surface area contributed by atoms with E-state index in [1.165, 1.54) is 60.7 Å². The van der Waals surface area contributed by atoms with Gasteiger partial charge < -0.3 is 9.47 Å². The molecule has 5 nitrogen and oxygen atoms in total. The Balaban J connectivity index is 2.09. The van der Waals surface area contributed by atoms with E-state index >= 15 is 0 Å². The Kier molecular flexibility index (Phi) is 7.15. The molecule has 0 aliphatic rings. The van der Waals surface area contributed by atoms with Crippen LogP contribution in [0.15, 0.2) is 54.6 Å². The summed E-state index contributed by atoms with van der Waals surface area (Å²) in [7, 11) is 0. The largest absolute Gasteiger partial charge is 0.462 e. The number of carbonyl (C=O) groups excluding carboxylic acids is 1. The first-order chi connectivity index (χ1) is 15.2. The van der Waals surface area contributed by atoms with E-state index in [0.29, 0.717) is 10.6 Å². The van der Waals surface area contributed by atoms with Gasteiger partial charge in [0.25, 0.3) is 0 Å². The number of halogens is 4. The lowest BCUT2D eigenvalue weighted by Gasteiger charge is -2.16. The molecular weight excluding hydrogens is 445 g/mol. The molecule has 0 aliphatic heterocycles. The van der Waals surface area contributed by atoms with Crippen molar-refractivity contribution in [2.75, 3.05) is 6.61 Å². The Morgan fingerprint density at radius 2 is 1.72 bits per heavy atom. The second kappa shape index (κ2) is 9.82. The van der Waals surface area contributed by atoms with Gasteiger partial charge in [0.15, 0.2) is 11.5 Å². The smallest absolute Gasteiger partial charge is 0.434 e. The van der Waals surface area contributed by atoms with Crippen LogP contribution in [0.3, 0.4) is 0 Å². The van der Waals surface area contributed by atoms with Gasteiger partial charge in [0.2, 0.25) is 5.88 Å². The van der Waals surface area contributed by atoms with Gasteiger partial charge in [-0.3, -0.25) is 0 Å². The quantitative estimate of drug-likeness (QED) is 0.376. The van der Waals surface area contributed by atoms with Gasteiger partial charge in [-0.2, -0.15) is 18.2 Å². The zero-order valence-electron chi connectivity index (χ0n) is 17.1. The molecular formula is C23H18ClF3N2O3.